The summed E-state index contributed by atoms with van der Waals surface area (Å²) >= 11 is 1.57. The van der Waals surface area contributed by atoms with Crippen LogP contribution in [0.25, 0.3) is 10.2 Å². The van der Waals surface area contributed by atoms with Crippen molar-refractivity contribution < 1.29 is 8.42 Å². The lowest BCUT2D eigenvalue weighted by atomic mass is 9.95. The Morgan fingerprint density at radius 1 is 1.16 bits per heavy atom. The van der Waals surface area contributed by atoms with Gasteiger partial charge in [0.05, 0.1) is 15.8 Å². The fraction of sp³-hybridized carbons (Fsp3) is 0.455. The Kier molecular flexibility index (Phi) is 6.28. The molecule has 3 heterocycles. The molecule has 0 spiro atoms. The van der Waals surface area contributed by atoms with Crippen molar-refractivity contribution in [1.82, 2.24) is 15.3 Å². The lowest BCUT2D eigenvalue weighted by molar-refractivity contribution is 0.367. The molecule has 4 rings (SSSR count). The fourth-order valence-electron chi connectivity index (χ4n) is 3.51. The second kappa shape index (κ2) is 8.84. The van der Waals surface area contributed by atoms with Crippen LogP contribution < -0.4 is 20.7 Å². The van der Waals surface area contributed by atoms with Gasteiger partial charge in [0.1, 0.15) is 10.6 Å². The molecule has 172 valence electrons. The second-order valence-corrected chi connectivity index (χ2v) is 12.5. The van der Waals surface area contributed by atoms with E-state index in [9.17, 15) is 8.42 Å². The number of thiophene rings is 1. The molecule has 2 atom stereocenters. The number of hydrogen-bond donors (Lipinski definition) is 4. The molecule has 8 nitrogen and oxygen atoms in total. The largest absolute Gasteiger partial charge is 0.351 e. The smallest absolute Gasteiger partial charge is 0.237 e. The summed E-state index contributed by atoms with van der Waals surface area (Å²) in [5.74, 6) is 1.78. The minimum atomic E-state index is -3.51. The second-order valence-electron chi connectivity index (χ2n) is 9.18. The molecule has 1 aliphatic rings. The Bertz CT molecular complexity index is 1200. The molecular formula is C22H30N6O2S2. The third-order valence-corrected chi connectivity index (χ3v) is 8.53. The van der Waals surface area contributed by atoms with Crippen LogP contribution in [0, 0.1) is 5.92 Å². The first kappa shape index (κ1) is 22.8. The van der Waals surface area contributed by atoms with Gasteiger partial charge in [0, 0.05) is 11.7 Å². The monoisotopic (exact) mass is 474 g/mol. The number of aromatic nitrogens is 2. The molecule has 10 heteroatoms. The molecule has 2 aromatic heterocycles. The molecule has 1 saturated heterocycles. The number of sulfonamides is 1. The SMILES string of the molecule is CC1CNCCC1Nc1nc(Nc2cccc(NS(=O)(=O)C(C)(C)C)c2)c2ccsc2n1. The van der Waals surface area contributed by atoms with Crippen molar-refractivity contribution in [2.75, 3.05) is 28.4 Å². The van der Waals surface area contributed by atoms with Crippen LogP contribution in [0.2, 0.25) is 0 Å². The zero-order valence-corrected chi connectivity index (χ0v) is 20.4. The van der Waals surface area contributed by atoms with E-state index in [0.717, 1.165) is 35.4 Å². The summed E-state index contributed by atoms with van der Waals surface area (Å²) in [6, 6.07) is 9.51. The van der Waals surface area contributed by atoms with Gasteiger partial charge in [-0.25, -0.2) is 13.4 Å². The van der Waals surface area contributed by atoms with Crippen LogP contribution in [0.3, 0.4) is 0 Å². The number of nitrogens with one attached hydrogen (secondary N) is 4. The maximum atomic E-state index is 12.5. The average molecular weight is 475 g/mol. The van der Waals surface area contributed by atoms with Gasteiger partial charge in [0.15, 0.2) is 0 Å². The topological polar surface area (TPSA) is 108 Å². The van der Waals surface area contributed by atoms with Gasteiger partial charge in [0.2, 0.25) is 16.0 Å². The highest BCUT2D eigenvalue weighted by Gasteiger charge is 2.29. The van der Waals surface area contributed by atoms with Crippen molar-refractivity contribution in [3.63, 3.8) is 0 Å². The fourth-order valence-corrected chi connectivity index (χ4v) is 5.02. The van der Waals surface area contributed by atoms with Crippen LogP contribution >= 0.6 is 11.3 Å². The van der Waals surface area contributed by atoms with E-state index < -0.39 is 14.8 Å². The van der Waals surface area contributed by atoms with E-state index in [0.29, 0.717) is 29.4 Å². The minimum absolute atomic E-state index is 0.316. The molecular weight excluding hydrogens is 444 g/mol. The zero-order valence-electron chi connectivity index (χ0n) is 18.8. The predicted octanol–water partition coefficient (Wildman–Crippen LogP) is 4.39. The number of piperidine rings is 1. The molecule has 4 N–H and O–H groups in total. The predicted molar refractivity (Wildman–Crippen MR) is 133 cm³/mol. The van der Waals surface area contributed by atoms with Gasteiger partial charge in [-0.2, -0.15) is 4.98 Å². The van der Waals surface area contributed by atoms with E-state index in [1.54, 1.807) is 44.2 Å². The first-order valence-electron chi connectivity index (χ1n) is 10.7. The van der Waals surface area contributed by atoms with Gasteiger partial charge in [-0.05, 0) is 75.8 Å². The van der Waals surface area contributed by atoms with Crippen LogP contribution in [0.15, 0.2) is 35.7 Å². The summed E-state index contributed by atoms with van der Waals surface area (Å²) in [7, 11) is -3.51. The summed E-state index contributed by atoms with van der Waals surface area (Å²) < 4.78 is 26.8. The van der Waals surface area contributed by atoms with Crippen molar-refractivity contribution in [2.24, 2.45) is 5.92 Å². The standard InChI is InChI=1S/C22H30N6O2S2/c1-14-13-23-10-8-18(14)25-21-26-19(17-9-11-31-20(17)27-21)24-15-6-5-7-16(12-15)28-32(29,30)22(2,3)4/h5-7,9,11-12,14,18,23,28H,8,10,13H2,1-4H3,(H2,24,25,26,27). The molecule has 32 heavy (non-hydrogen) atoms. The van der Waals surface area contributed by atoms with E-state index in [1.165, 1.54) is 0 Å². The molecule has 3 aromatic rings. The van der Waals surface area contributed by atoms with Gasteiger partial charge >= 0.3 is 0 Å². The Hall–Kier alpha value is -2.43. The quantitative estimate of drug-likeness (QED) is 0.420. The number of rotatable bonds is 6. The summed E-state index contributed by atoms with van der Waals surface area (Å²) in [5.41, 5.74) is 1.24. The highest BCUT2D eigenvalue weighted by molar-refractivity contribution is 7.94. The van der Waals surface area contributed by atoms with E-state index in [1.807, 2.05) is 23.6 Å². The molecule has 0 amide bonds. The Morgan fingerprint density at radius 3 is 2.69 bits per heavy atom. The Morgan fingerprint density at radius 2 is 1.94 bits per heavy atom. The Labute approximate surface area is 193 Å². The first-order valence-corrected chi connectivity index (χ1v) is 13.1. The van der Waals surface area contributed by atoms with Gasteiger partial charge < -0.3 is 16.0 Å². The van der Waals surface area contributed by atoms with Gasteiger partial charge in [0.25, 0.3) is 0 Å². The van der Waals surface area contributed by atoms with Crippen molar-refractivity contribution in [3.8, 4) is 0 Å². The first-order chi connectivity index (χ1) is 15.1. The third-order valence-electron chi connectivity index (χ3n) is 5.61. The molecule has 0 bridgehead atoms. The number of anilines is 4. The normalized spacial score (nSPS) is 19.6. The lowest BCUT2D eigenvalue weighted by Gasteiger charge is -2.30. The molecule has 0 radical (unpaired) electrons. The minimum Gasteiger partial charge on any atom is -0.351 e. The van der Waals surface area contributed by atoms with Crippen LogP contribution in [0.5, 0.6) is 0 Å². The number of hydrogen-bond acceptors (Lipinski definition) is 8. The summed E-state index contributed by atoms with van der Waals surface area (Å²) in [5, 5.41) is 13.2. The molecule has 0 saturated carbocycles. The molecule has 1 aliphatic heterocycles. The maximum absolute atomic E-state index is 12.5. The zero-order chi connectivity index (χ0) is 22.9. The van der Waals surface area contributed by atoms with Crippen molar-refractivity contribution in [1.29, 1.82) is 0 Å². The van der Waals surface area contributed by atoms with E-state index in [2.05, 4.69) is 27.6 Å². The summed E-state index contributed by atoms with van der Waals surface area (Å²) in [6.07, 6.45) is 1.02. The highest BCUT2D eigenvalue weighted by Crippen LogP contribution is 2.30. The van der Waals surface area contributed by atoms with Crippen molar-refractivity contribution in [3.05, 3.63) is 35.7 Å². The van der Waals surface area contributed by atoms with Crippen LogP contribution in [0.1, 0.15) is 34.1 Å². The number of benzene rings is 1. The molecule has 0 aliphatic carbocycles. The Balaban J connectivity index is 1.60. The average Bonchev–Trinajstić information content (AvgIpc) is 3.18. The van der Waals surface area contributed by atoms with E-state index >= 15 is 0 Å². The summed E-state index contributed by atoms with van der Waals surface area (Å²) in [4.78, 5) is 10.4. The van der Waals surface area contributed by atoms with E-state index in [-0.39, 0.29) is 0 Å². The highest BCUT2D eigenvalue weighted by atomic mass is 32.2. The third kappa shape index (κ3) is 4.97. The molecule has 1 aromatic carbocycles. The molecule has 1 fully saturated rings. The van der Waals surface area contributed by atoms with Crippen LogP contribution in [-0.4, -0.2) is 42.3 Å². The number of nitrogens with zero attached hydrogens (tertiary/aromatic N) is 2. The van der Waals surface area contributed by atoms with E-state index in [4.69, 9.17) is 9.97 Å². The summed E-state index contributed by atoms with van der Waals surface area (Å²) in [6.45, 7) is 9.18. The van der Waals surface area contributed by atoms with Crippen LogP contribution in [-0.2, 0) is 10.0 Å². The van der Waals surface area contributed by atoms with Gasteiger partial charge in [-0.1, -0.05) is 13.0 Å². The van der Waals surface area contributed by atoms with Crippen molar-refractivity contribution >= 4 is 54.7 Å². The maximum Gasteiger partial charge on any atom is 0.237 e. The van der Waals surface area contributed by atoms with Gasteiger partial charge in [-0.15, -0.1) is 11.3 Å². The van der Waals surface area contributed by atoms with Crippen LogP contribution in [0.4, 0.5) is 23.1 Å². The lowest BCUT2D eigenvalue weighted by Crippen LogP contribution is -2.42. The number of fused-ring (bicyclic) bond motifs is 1. The molecule has 2 unspecified atom stereocenters. The van der Waals surface area contributed by atoms with Gasteiger partial charge in [-0.3, -0.25) is 4.72 Å². The van der Waals surface area contributed by atoms with Crippen molar-refractivity contribution in [2.45, 2.75) is 44.9 Å².